The molecular weight excluding hydrogens is 330 g/mol. The number of ether oxygens (including phenoxy) is 2. The second-order valence-electron chi connectivity index (χ2n) is 5.50. The highest BCUT2D eigenvalue weighted by molar-refractivity contribution is 5.91. The highest BCUT2D eigenvalue weighted by Gasteiger charge is 2.11. The van der Waals surface area contributed by atoms with E-state index in [4.69, 9.17) is 4.74 Å². The summed E-state index contributed by atoms with van der Waals surface area (Å²) >= 11 is 0. The molecule has 0 saturated heterocycles. The standard InChI is InChI=1S/C18H20F2N2O3/c1-22(11-12-24-15-5-3-2-4-6-15)13-17(23)21-14-7-9-16(10-8-14)25-18(19)20/h2-10,18H,11-13H2,1H3,(H,21,23)/p+1. The molecule has 0 fully saturated rings. The van der Waals surface area contributed by atoms with E-state index in [1.54, 1.807) is 0 Å². The molecule has 7 heteroatoms. The number of rotatable bonds is 9. The summed E-state index contributed by atoms with van der Waals surface area (Å²) in [4.78, 5) is 13.0. The molecule has 0 aliphatic heterocycles. The third-order valence-corrected chi connectivity index (χ3v) is 3.37. The minimum Gasteiger partial charge on any atom is -0.488 e. The number of hydrogen-bond donors (Lipinski definition) is 2. The van der Waals surface area contributed by atoms with E-state index < -0.39 is 6.61 Å². The molecule has 0 radical (unpaired) electrons. The van der Waals surface area contributed by atoms with Crippen LogP contribution in [0.3, 0.4) is 0 Å². The molecule has 0 saturated carbocycles. The number of likely N-dealkylation sites (N-methyl/N-ethyl adjacent to an activating group) is 1. The Morgan fingerprint density at radius 1 is 1.08 bits per heavy atom. The van der Waals surface area contributed by atoms with Crippen molar-refractivity contribution in [1.29, 1.82) is 0 Å². The van der Waals surface area contributed by atoms with Gasteiger partial charge < -0.3 is 19.7 Å². The number of halogens is 2. The van der Waals surface area contributed by atoms with E-state index in [2.05, 4.69) is 10.1 Å². The summed E-state index contributed by atoms with van der Waals surface area (Å²) in [5.74, 6) is 0.680. The Morgan fingerprint density at radius 2 is 1.76 bits per heavy atom. The molecule has 0 heterocycles. The van der Waals surface area contributed by atoms with Crippen LogP contribution in [0, 0.1) is 0 Å². The third kappa shape index (κ3) is 7.17. The lowest BCUT2D eigenvalue weighted by atomic mass is 10.3. The smallest absolute Gasteiger partial charge is 0.387 e. The van der Waals surface area contributed by atoms with Gasteiger partial charge in [-0.15, -0.1) is 0 Å². The molecule has 0 aromatic heterocycles. The van der Waals surface area contributed by atoms with Gasteiger partial charge in [0.25, 0.3) is 5.91 Å². The Hall–Kier alpha value is -2.67. The molecule has 1 unspecified atom stereocenters. The maximum atomic E-state index is 12.1. The fourth-order valence-corrected chi connectivity index (χ4v) is 2.15. The predicted octanol–water partition coefficient (Wildman–Crippen LogP) is 1.82. The number of benzene rings is 2. The molecule has 2 rings (SSSR count). The summed E-state index contributed by atoms with van der Waals surface area (Å²) in [5, 5.41) is 2.72. The Morgan fingerprint density at radius 3 is 2.40 bits per heavy atom. The zero-order chi connectivity index (χ0) is 18.1. The zero-order valence-electron chi connectivity index (χ0n) is 13.9. The number of nitrogens with one attached hydrogen (secondary N) is 2. The molecule has 2 aromatic carbocycles. The van der Waals surface area contributed by atoms with E-state index in [-0.39, 0.29) is 18.2 Å². The van der Waals surface area contributed by atoms with Crippen molar-refractivity contribution in [1.82, 2.24) is 0 Å². The van der Waals surface area contributed by atoms with Crippen LogP contribution < -0.4 is 19.7 Å². The van der Waals surface area contributed by atoms with Crippen molar-refractivity contribution in [3.05, 3.63) is 54.6 Å². The summed E-state index contributed by atoms with van der Waals surface area (Å²) in [7, 11) is 1.90. The lowest BCUT2D eigenvalue weighted by molar-refractivity contribution is -0.871. The number of carbonyl (C=O) groups excluding carboxylic acids is 1. The number of amides is 1. The first kappa shape index (κ1) is 18.7. The topological polar surface area (TPSA) is 52.0 Å². The minimum atomic E-state index is -2.87. The Bertz CT molecular complexity index is 651. The van der Waals surface area contributed by atoms with Crippen LogP contribution in [-0.2, 0) is 4.79 Å². The molecule has 0 bridgehead atoms. The summed E-state index contributed by atoms with van der Waals surface area (Å²) in [6.45, 7) is -1.42. The lowest BCUT2D eigenvalue weighted by Gasteiger charge is -2.14. The Kier molecular flexibility index (Phi) is 7.16. The third-order valence-electron chi connectivity index (χ3n) is 3.37. The summed E-state index contributed by atoms with van der Waals surface area (Å²) in [6.07, 6.45) is 0. The van der Waals surface area contributed by atoms with Crippen LogP contribution in [0.25, 0.3) is 0 Å². The van der Waals surface area contributed by atoms with Gasteiger partial charge in [-0.2, -0.15) is 8.78 Å². The van der Waals surface area contributed by atoms with Crippen molar-refractivity contribution in [2.45, 2.75) is 6.61 Å². The van der Waals surface area contributed by atoms with Gasteiger partial charge in [-0.1, -0.05) is 18.2 Å². The van der Waals surface area contributed by atoms with E-state index >= 15 is 0 Å². The van der Waals surface area contributed by atoms with E-state index in [9.17, 15) is 13.6 Å². The van der Waals surface area contributed by atoms with Gasteiger partial charge in [0.05, 0.1) is 7.05 Å². The van der Waals surface area contributed by atoms with E-state index in [1.165, 1.54) is 24.3 Å². The van der Waals surface area contributed by atoms with Crippen molar-refractivity contribution < 1.29 is 27.9 Å². The van der Waals surface area contributed by atoms with Crippen molar-refractivity contribution in [3.8, 4) is 11.5 Å². The zero-order valence-corrected chi connectivity index (χ0v) is 13.9. The summed E-state index contributed by atoms with van der Waals surface area (Å²) in [6, 6.07) is 15.3. The van der Waals surface area contributed by atoms with Crippen LogP contribution in [0.2, 0.25) is 0 Å². The fraction of sp³-hybridized carbons (Fsp3) is 0.278. The first-order valence-corrected chi connectivity index (χ1v) is 7.87. The second kappa shape index (κ2) is 9.58. The largest absolute Gasteiger partial charge is 0.488 e. The monoisotopic (exact) mass is 351 g/mol. The van der Waals surface area contributed by atoms with Crippen LogP contribution >= 0.6 is 0 Å². The van der Waals surface area contributed by atoms with Gasteiger partial charge in [-0.25, -0.2) is 0 Å². The summed E-state index contributed by atoms with van der Waals surface area (Å²) < 4.78 is 34.0. The van der Waals surface area contributed by atoms with E-state index in [0.717, 1.165) is 10.6 Å². The highest BCUT2D eigenvalue weighted by atomic mass is 19.3. The molecule has 0 aliphatic rings. The maximum Gasteiger partial charge on any atom is 0.387 e. The minimum absolute atomic E-state index is 0.0498. The van der Waals surface area contributed by atoms with Crippen molar-refractivity contribution >= 4 is 11.6 Å². The van der Waals surface area contributed by atoms with Crippen molar-refractivity contribution in [2.75, 3.05) is 32.1 Å². The maximum absolute atomic E-state index is 12.1. The number of carbonyl (C=O) groups is 1. The molecule has 1 amide bonds. The van der Waals surface area contributed by atoms with Crippen LogP contribution in [0.15, 0.2) is 54.6 Å². The van der Waals surface area contributed by atoms with Gasteiger partial charge in [0.1, 0.15) is 24.7 Å². The average Bonchev–Trinajstić information content (AvgIpc) is 2.57. The second-order valence-corrected chi connectivity index (χ2v) is 5.50. The van der Waals surface area contributed by atoms with Gasteiger partial charge >= 0.3 is 6.61 Å². The van der Waals surface area contributed by atoms with Gasteiger partial charge in [-0.05, 0) is 36.4 Å². The van der Waals surface area contributed by atoms with Gasteiger partial charge in [0, 0.05) is 5.69 Å². The SMILES string of the molecule is C[NH+](CCOc1ccccc1)CC(=O)Nc1ccc(OC(F)F)cc1. The quantitative estimate of drug-likeness (QED) is 0.725. The van der Waals surface area contributed by atoms with Crippen LogP contribution in [0.1, 0.15) is 0 Å². The van der Waals surface area contributed by atoms with E-state index in [0.29, 0.717) is 18.8 Å². The molecule has 0 aliphatic carbocycles. The van der Waals surface area contributed by atoms with Gasteiger partial charge in [-0.3, -0.25) is 4.79 Å². The molecule has 2 N–H and O–H groups in total. The lowest BCUT2D eigenvalue weighted by Crippen LogP contribution is -3.10. The number of para-hydroxylation sites is 1. The van der Waals surface area contributed by atoms with Crippen LogP contribution in [0.5, 0.6) is 11.5 Å². The normalized spacial score (nSPS) is 11.8. The molecule has 0 spiro atoms. The van der Waals surface area contributed by atoms with Gasteiger partial charge in [0.15, 0.2) is 6.54 Å². The fourth-order valence-electron chi connectivity index (χ4n) is 2.15. The molecule has 1 atom stereocenters. The van der Waals surface area contributed by atoms with Crippen LogP contribution in [-0.4, -0.2) is 39.3 Å². The van der Waals surface area contributed by atoms with Crippen molar-refractivity contribution in [3.63, 3.8) is 0 Å². The molecular formula is C18H21F2N2O3+. The summed E-state index contributed by atoms with van der Waals surface area (Å²) in [5.41, 5.74) is 0.528. The Labute approximate surface area is 145 Å². The number of alkyl halides is 2. The predicted molar refractivity (Wildman–Crippen MR) is 90.3 cm³/mol. The van der Waals surface area contributed by atoms with Gasteiger partial charge in [0.2, 0.25) is 0 Å². The first-order chi connectivity index (χ1) is 12.0. The van der Waals surface area contributed by atoms with E-state index in [1.807, 2.05) is 37.4 Å². The number of hydrogen-bond acceptors (Lipinski definition) is 3. The highest BCUT2D eigenvalue weighted by Crippen LogP contribution is 2.17. The molecule has 25 heavy (non-hydrogen) atoms. The van der Waals surface area contributed by atoms with Crippen LogP contribution in [0.4, 0.5) is 14.5 Å². The molecule has 5 nitrogen and oxygen atoms in total. The van der Waals surface area contributed by atoms with Crippen molar-refractivity contribution in [2.24, 2.45) is 0 Å². The number of quaternary nitrogens is 1. The molecule has 2 aromatic rings. The number of anilines is 1. The molecule has 134 valence electrons. The Balaban J connectivity index is 1.70. The average molecular weight is 351 g/mol. The first-order valence-electron chi connectivity index (χ1n) is 7.87.